The van der Waals surface area contributed by atoms with Crippen LogP contribution in [0, 0.1) is 24.4 Å². The van der Waals surface area contributed by atoms with E-state index in [4.69, 9.17) is 18.9 Å². The summed E-state index contributed by atoms with van der Waals surface area (Å²) in [7, 11) is 0. The second-order valence-corrected chi connectivity index (χ2v) is 30.4. The number of anilines is 16. The molecular formula is C90H89F15N28O4. The zero-order chi connectivity index (χ0) is 97.1. The molecule has 4 saturated heterocycles. The van der Waals surface area contributed by atoms with Crippen molar-refractivity contribution in [3.63, 3.8) is 0 Å². The highest BCUT2D eigenvalue weighted by molar-refractivity contribution is 5.81. The number of nitrogens with one attached hydrogen (secondary N) is 8. The predicted molar refractivity (Wildman–Crippen MR) is 489 cm³/mol. The number of aryl methyl sites for hydroxylation is 1. The summed E-state index contributed by atoms with van der Waals surface area (Å²) >= 11 is 0. The Morgan fingerprint density at radius 3 is 1.09 bits per heavy atom. The smallest absolute Gasteiger partial charge is 0.378 e. The van der Waals surface area contributed by atoms with Gasteiger partial charge in [0.05, 0.1) is 194 Å². The maximum atomic E-state index is 14.4. The third-order valence-electron chi connectivity index (χ3n) is 20.3. The monoisotopic (exact) mass is 1910 g/mol. The Labute approximate surface area is 773 Å². The van der Waals surface area contributed by atoms with Crippen LogP contribution < -0.4 is 62.6 Å². The number of morpholine rings is 4. The number of pyridine rings is 4. The van der Waals surface area contributed by atoms with Gasteiger partial charge in [0.2, 0.25) is 23.8 Å². The van der Waals surface area contributed by atoms with Crippen LogP contribution >= 0.6 is 0 Å². The lowest BCUT2D eigenvalue weighted by Gasteiger charge is -2.36. The molecule has 0 aliphatic carbocycles. The van der Waals surface area contributed by atoms with Crippen LogP contribution in [0.15, 0.2) is 215 Å². The lowest BCUT2D eigenvalue weighted by Crippen LogP contribution is -2.46. The van der Waals surface area contributed by atoms with E-state index in [9.17, 15) is 65.9 Å². The van der Waals surface area contributed by atoms with E-state index in [2.05, 4.69) is 128 Å². The molecule has 0 radical (unpaired) electrons. The highest BCUT2D eigenvalue weighted by atomic mass is 19.4. The summed E-state index contributed by atoms with van der Waals surface area (Å²) in [6.45, 7) is 15.3. The summed E-state index contributed by atoms with van der Waals surface area (Å²) in [6, 6.07) is 34.9. The Bertz CT molecular complexity index is 6070. The van der Waals surface area contributed by atoms with Crippen molar-refractivity contribution >= 4 is 117 Å². The van der Waals surface area contributed by atoms with Crippen molar-refractivity contribution < 1.29 is 84.8 Å². The molecule has 3 atom stereocenters. The average Bonchev–Trinajstić information content (AvgIpc) is 0.843. The van der Waals surface area contributed by atoms with Crippen molar-refractivity contribution in [2.75, 3.05) is 148 Å². The summed E-state index contributed by atoms with van der Waals surface area (Å²) in [6.07, 6.45) is -1.12. The second kappa shape index (κ2) is 46.7. The number of hydrogen-bond acceptors (Lipinski definition) is 32. The van der Waals surface area contributed by atoms with E-state index in [0.29, 0.717) is 147 Å². The number of ether oxygens (including phenoxy) is 4. The van der Waals surface area contributed by atoms with Gasteiger partial charge in [0.1, 0.15) is 5.82 Å². The molecular weight excluding hydrogens is 1820 g/mol. The van der Waals surface area contributed by atoms with Crippen LogP contribution in [-0.4, -0.2) is 188 Å². The fraction of sp³-hybridized carbons (Fsp3) is 0.289. The van der Waals surface area contributed by atoms with Crippen molar-refractivity contribution in [3.8, 4) is 0 Å². The summed E-state index contributed by atoms with van der Waals surface area (Å²) < 4.78 is 219. The van der Waals surface area contributed by atoms with Gasteiger partial charge in [0.15, 0.2) is 34.9 Å². The van der Waals surface area contributed by atoms with E-state index in [1.165, 1.54) is 92.1 Å². The van der Waals surface area contributed by atoms with E-state index in [0.717, 1.165) is 105 Å². The van der Waals surface area contributed by atoms with Gasteiger partial charge in [-0.15, -0.1) is 0 Å². The van der Waals surface area contributed by atoms with Crippen molar-refractivity contribution in [2.45, 2.75) is 83.5 Å². The fourth-order valence-corrected chi connectivity index (χ4v) is 13.5. The minimum atomic E-state index is -4.42. The molecule has 47 heteroatoms. The van der Waals surface area contributed by atoms with Crippen molar-refractivity contribution in [1.29, 1.82) is 0 Å². The zero-order valence-corrected chi connectivity index (χ0v) is 73.4. The van der Waals surface area contributed by atoms with Crippen molar-refractivity contribution in [1.82, 2.24) is 59.8 Å². The minimum absolute atomic E-state index is 0.0182. The van der Waals surface area contributed by atoms with Gasteiger partial charge >= 0.3 is 24.7 Å². The molecule has 16 rings (SSSR count). The first-order valence-corrected chi connectivity index (χ1v) is 42.4. The maximum Gasteiger partial charge on any atom is 0.416 e. The number of rotatable bonds is 26. The zero-order valence-electron chi connectivity index (χ0n) is 73.4. The molecule has 4 aliphatic rings. The van der Waals surface area contributed by atoms with Crippen LogP contribution in [0.3, 0.4) is 0 Å². The third kappa shape index (κ3) is 29.9. The Morgan fingerprint density at radius 2 is 0.723 bits per heavy atom. The lowest BCUT2D eigenvalue weighted by molar-refractivity contribution is -0.138. The Balaban J connectivity index is 0.000000154. The highest BCUT2D eigenvalue weighted by Gasteiger charge is 2.35. The molecule has 0 bridgehead atoms. The van der Waals surface area contributed by atoms with Crippen LogP contribution in [0.4, 0.5) is 158 Å². The number of halogens is 15. The second-order valence-electron chi connectivity index (χ2n) is 30.4. The number of hydrogen-bond donors (Lipinski definition) is 8. The molecule has 137 heavy (non-hydrogen) atoms. The largest absolute Gasteiger partial charge is 0.416 e. The van der Waals surface area contributed by atoms with Gasteiger partial charge in [0.25, 0.3) is 0 Å². The summed E-state index contributed by atoms with van der Waals surface area (Å²) in [5.41, 5.74) is 13.9. The third-order valence-corrected chi connectivity index (χ3v) is 20.3. The first-order valence-electron chi connectivity index (χ1n) is 42.4. The molecule has 0 saturated carbocycles. The van der Waals surface area contributed by atoms with E-state index < -0.39 is 64.4 Å². The highest BCUT2D eigenvalue weighted by Crippen LogP contribution is 2.37. The van der Waals surface area contributed by atoms with E-state index >= 15 is 0 Å². The normalized spacial score (nSPS) is 16.0. The first-order chi connectivity index (χ1) is 65.8. The number of nitrogens with zero attached hydrogens (tertiary/aromatic N) is 20. The molecule has 8 N–H and O–H groups in total. The molecule has 4 aromatic carbocycles. The SMILES string of the molecule is CC1CN(c2nc(N/N=C/c3ccc(Nc4cccc(C(F)(F)F)c4)cn3)ncc2F)CCO1.CCC1CN(c2nc(N/N=C/c3ccc(Nc4cccc(C(F)(F)F)c4)cn3)ncc2F)CCO1.CCC1COCCN1c1nc(N/N=C/c2ccc(Nc3cccc(C(F)(F)F)c3)cn2)ncc1F.Cc1cc(N2CCOCC2)nc(N/N=C/c2ccc(Nc3cccc(C(F)(F)F)c3)cn2)n1. The molecule has 0 spiro atoms. The molecule has 8 aromatic heterocycles. The van der Waals surface area contributed by atoms with Crippen LogP contribution in [-0.2, 0) is 43.7 Å². The summed E-state index contributed by atoms with van der Waals surface area (Å²) in [5, 5.41) is 27.8. The van der Waals surface area contributed by atoms with Gasteiger partial charge in [-0.3, -0.25) is 19.9 Å². The van der Waals surface area contributed by atoms with Gasteiger partial charge in [0, 0.05) is 80.3 Å². The van der Waals surface area contributed by atoms with Gasteiger partial charge in [-0.1, -0.05) is 38.1 Å². The molecule has 0 amide bonds. The molecule has 12 heterocycles. The van der Waals surface area contributed by atoms with Gasteiger partial charge in [-0.2, -0.15) is 93.0 Å². The van der Waals surface area contributed by atoms with Crippen molar-refractivity contribution in [3.05, 3.63) is 263 Å². The van der Waals surface area contributed by atoms with Crippen LogP contribution in [0.1, 0.15) is 84.3 Å². The molecule has 12 aromatic rings. The predicted octanol–water partition coefficient (Wildman–Crippen LogP) is 18.3. The Morgan fingerprint density at radius 1 is 0.365 bits per heavy atom. The van der Waals surface area contributed by atoms with Gasteiger partial charge < -0.3 is 59.8 Å². The lowest BCUT2D eigenvalue weighted by atomic mass is 10.2. The van der Waals surface area contributed by atoms with Crippen LogP contribution in [0.5, 0.6) is 0 Å². The van der Waals surface area contributed by atoms with Gasteiger partial charge in [-0.25, -0.2) is 54.8 Å². The number of benzene rings is 4. The Hall–Kier alpha value is -15.1. The number of aromatic nitrogens is 12. The summed E-state index contributed by atoms with van der Waals surface area (Å²) in [4.78, 5) is 57.7. The first kappa shape index (κ1) is 99.3. The maximum absolute atomic E-state index is 14.4. The van der Waals surface area contributed by atoms with Gasteiger partial charge in [-0.05, 0) is 148 Å². The molecule has 718 valence electrons. The van der Waals surface area contributed by atoms with E-state index in [1.54, 1.807) is 59.5 Å². The number of alkyl halides is 12. The topological polar surface area (TPSA) is 350 Å². The molecule has 4 aliphatic heterocycles. The fourth-order valence-electron chi connectivity index (χ4n) is 13.5. The average molecular weight is 1910 g/mol. The van der Waals surface area contributed by atoms with Crippen LogP contribution in [0.25, 0.3) is 0 Å². The number of hydrazone groups is 4. The molecule has 4 fully saturated rings. The summed E-state index contributed by atoms with van der Waals surface area (Å²) in [5.74, 6) is 0.518. The van der Waals surface area contributed by atoms with E-state index in [-0.39, 0.29) is 53.5 Å². The standard InChI is InChI=1S/2C23H23F4N7O.C22H21F4N7O.C22H22F3N7O/c1-2-19-14-35-9-8-34(19)21-20(24)13-29-22(32-21)33-30-12-17-6-7-18(11-28-17)31-16-5-3-4-15(10-16)23(25,26)27;1-2-19-14-34(8-9-35-19)21-20(24)13-29-22(32-21)33-30-12-17-6-7-18(11-28-17)31-16-5-3-4-15(10-16)23(25,26)27;1-14-13-33(7-8-34-14)20-19(23)12-28-21(31-20)32-29-11-17-5-6-18(10-27-17)30-16-4-2-3-15(9-16)22(24,25)26;1-15-11-20(32-7-9-33-10-8-32)30-21(28-15)31-27-14-18-5-6-19(13-26-18)29-17-4-2-3-16(12-17)22(23,24)25/h2*3-7,10-13,19,31H,2,8-9,14H2,1H3,(H,29,32,33);2-6,9-12,14,30H,7-8,13H2,1H3,(H,28,31,32);2-6,11-14,29H,7-10H2,1H3,(H,28,30,31)/b2*30-12+;29-11+;27-14+. The molecule has 3 unspecified atom stereocenters. The van der Waals surface area contributed by atoms with Crippen molar-refractivity contribution in [2.24, 2.45) is 20.4 Å². The molecule has 32 nitrogen and oxygen atoms in total. The van der Waals surface area contributed by atoms with E-state index in [1.807, 2.05) is 43.6 Å². The minimum Gasteiger partial charge on any atom is -0.378 e. The Kier molecular flexibility index (Phi) is 33.9. The van der Waals surface area contributed by atoms with Crippen LogP contribution in [0.2, 0.25) is 0 Å². The quantitative estimate of drug-likeness (QED) is 0.0142.